The molecular formula is C13H8BrNO2. The van der Waals surface area contributed by atoms with Crippen LogP contribution in [-0.2, 0) is 0 Å². The van der Waals surface area contributed by atoms with Gasteiger partial charge in [-0.05, 0) is 24.3 Å². The summed E-state index contributed by atoms with van der Waals surface area (Å²) in [5.74, 6) is 1.85. The van der Waals surface area contributed by atoms with Crippen LogP contribution in [0.5, 0.6) is 0 Å². The summed E-state index contributed by atoms with van der Waals surface area (Å²) in [7, 11) is 0. The van der Waals surface area contributed by atoms with Gasteiger partial charge in [0.1, 0.15) is 0 Å². The Labute approximate surface area is 106 Å². The number of rotatable bonds is 2. The Balaban J connectivity index is 1.98. The van der Waals surface area contributed by atoms with Crippen LogP contribution in [0.3, 0.4) is 0 Å². The lowest BCUT2D eigenvalue weighted by Crippen LogP contribution is -1.72. The maximum atomic E-state index is 5.63. The highest BCUT2D eigenvalue weighted by Gasteiger charge is 2.10. The lowest BCUT2D eigenvalue weighted by atomic mass is 10.2. The number of aromatic nitrogens is 1. The molecule has 0 bridgehead atoms. The average Bonchev–Trinajstić information content (AvgIpc) is 3.00. The van der Waals surface area contributed by atoms with Gasteiger partial charge in [-0.15, -0.1) is 0 Å². The fourth-order valence-electron chi connectivity index (χ4n) is 1.54. The number of hydrogen-bond acceptors (Lipinski definition) is 3. The lowest BCUT2D eigenvalue weighted by molar-refractivity contribution is 0.524. The van der Waals surface area contributed by atoms with E-state index >= 15 is 0 Å². The van der Waals surface area contributed by atoms with Crippen molar-refractivity contribution in [2.24, 2.45) is 0 Å². The van der Waals surface area contributed by atoms with Crippen LogP contribution in [-0.4, -0.2) is 4.98 Å². The SMILES string of the molecule is Brc1ccc(-c2cnc(-c3ccco3)o2)cc1. The molecule has 2 heterocycles. The van der Waals surface area contributed by atoms with Crippen molar-refractivity contribution in [1.29, 1.82) is 0 Å². The van der Waals surface area contributed by atoms with Crippen molar-refractivity contribution in [3.8, 4) is 23.0 Å². The Hall–Kier alpha value is -1.81. The quantitative estimate of drug-likeness (QED) is 0.703. The molecule has 3 rings (SSSR count). The Morgan fingerprint density at radius 1 is 1.00 bits per heavy atom. The van der Waals surface area contributed by atoms with Crippen molar-refractivity contribution in [2.45, 2.75) is 0 Å². The maximum absolute atomic E-state index is 5.63. The fraction of sp³-hybridized carbons (Fsp3) is 0. The number of hydrogen-bond donors (Lipinski definition) is 0. The number of halogens is 1. The number of oxazole rings is 1. The second-order valence-corrected chi connectivity index (χ2v) is 4.43. The summed E-state index contributed by atoms with van der Waals surface area (Å²) in [6, 6.07) is 11.5. The van der Waals surface area contributed by atoms with E-state index in [9.17, 15) is 0 Å². The van der Waals surface area contributed by atoms with Gasteiger partial charge >= 0.3 is 0 Å². The van der Waals surface area contributed by atoms with Crippen LogP contribution in [0, 0.1) is 0 Å². The molecule has 3 aromatic rings. The molecule has 0 amide bonds. The van der Waals surface area contributed by atoms with Gasteiger partial charge in [0.2, 0.25) is 0 Å². The van der Waals surface area contributed by atoms with E-state index in [1.807, 2.05) is 30.3 Å². The van der Waals surface area contributed by atoms with Crippen LogP contribution >= 0.6 is 15.9 Å². The van der Waals surface area contributed by atoms with Gasteiger partial charge in [-0.25, -0.2) is 4.98 Å². The van der Waals surface area contributed by atoms with Gasteiger partial charge in [0.15, 0.2) is 11.5 Å². The van der Waals surface area contributed by atoms with Gasteiger partial charge in [0.25, 0.3) is 5.89 Å². The first kappa shape index (κ1) is 10.4. The molecule has 4 heteroatoms. The third-order valence-electron chi connectivity index (χ3n) is 2.37. The summed E-state index contributed by atoms with van der Waals surface area (Å²) in [6.45, 7) is 0. The Bertz CT molecular complexity index is 611. The van der Waals surface area contributed by atoms with Crippen molar-refractivity contribution < 1.29 is 8.83 Å². The predicted molar refractivity (Wildman–Crippen MR) is 67.3 cm³/mol. The number of nitrogens with zero attached hydrogens (tertiary/aromatic N) is 1. The van der Waals surface area contributed by atoms with Crippen LogP contribution in [0.2, 0.25) is 0 Å². The highest BCUT2D eigenvalue weighted by Crippen LogP contribution is 2.26. The van der Waals surface area contributed by atoms with Gasteiger partial charge in [0, 0.05) is 10.0 Å². The van der Waals surface area contributed by atoms with E-state index in [1.54, 1.807) is 18.5 Å². The standard InChI is InChI=1S/C13H8BrNO2/c14-10-5-3-9(4-6-10)12-8-15-13(17-12)11-2-1-7-16-11/h1-8H. The first-order valence-corrected chi connectivity index (χ1v) is 5.88. The van der Waals surface area contributed by atoms with Crippen LogP contribution in [0.1, 0.15) is 0 Å². The molecule has 1 aromatic carbocycles. The van der Waals surface area contributed by atoms with E-state index in [4.69, 9.17) is 8.83 Å². The molecule has 0 aliphatic heterocycles. The number of furan rings is 1. The summed E-state index contributed by atoms with van der Waals surface area (Å²) in [6.07, 6.45) is 3.29. The molecule has 0 radical (unpaired) electrons. The topological polar surface area (TPSA) is 39.2 Å². The monoisotopic (exact) mass is 289 g/mol. The zero-order valence-electron chi connectivity index (χ0n) is 8.76. The molecule has 0 aliphatic rings. The second-order valence-electron chi connectivity index (χ2n) is 3.51. The summed E-state index contributed by atoms with van der Waals surface area (Å²) < 4.78 is 11.9. The van der Waals surface area contributed by atoms with Crippen LogP contribution in [0.25, 0.3) is 23.0 Å². The first-order chi connectivity index (χ1) is 8.33. The highest BCUT2D eigenvalue weighted by molar-refractivity contribution is 9.10. The van der Waals surface area contributed by atoms with Gasteiger partial charge < -0.3 is 8.83 Å². The molecule has 0 saturated heterocycles. The van der Waals surface area contributed by atoms with Crippen molar-refractivity contribution in [1.82, 2.24) is 4.98 Å². The molecule has 84 valence electrons. The van der Waals surface area contributed by atoms with Gasteiger partial charge in [-0.1, -0.05) is 28.1 Å². The molecule has 0 N–H and O–H groups in total. The molecule has 17 heavy (non-hydrogen) atoms. The van der Waals surface area contributed by atoms with Crippen molar-refractivity contribution >= 4 is 15.9 Å². The van der Waals surface area contributed by atoms with Gasteiger partial charge in [-0.2, -0.15) is 0 Å². The zero-order chi connectivity index (χ0) is 11.7. The minimum Gasteiger partial charge on any atom is -0.459 e. The molecule has 0 aliphatic carbocycles. The molecule has 0 unspecified atom stereocenters. The summed E-state index contributed by atoms with van der Waals surface area (Å²) >= 11 is 3.39. The third kappa shape index (κ3) is 2.03. The zero-order valence-corrected chi connectivity index (χ0v) is 10.3. The number of benzene rings is 1. The summed E-state index contributed by atoms with van der Waals surface area (Å²) in [5, 5.41) is 0. The molecule has 0 atom stereocenters. The van der Waals surface area contributed by atoms with E-state index in [-0.39, 0.29) is 0 Å². The Kier molecular flexibility index (Phi) is 2.57. The first-order valence-electron chi connectivity index (χ1n) is 5.08. The van der Waals surface area contributed by atoms with E-state index in [1.165, 1.54) is 0 Å². The predicted octanol–water partition coefficient (Wildman–Crippen LogP) is 4.36. The van der Waals surface area contributed by atoms with Crippen LogP contribution in [0.4, 0.5) is 0 Å². The van der Waals surface area contributed by atoms with E-state index in [2.05, 4.69) is 20.9 Å². The normalized spacial score (nSPS) is 10.6. The second kappa shape index (κ2) is 4.22. The third-order valence-corrected chi connectivity index (χ3v) is 2.90. The van der Waals surface area contributed by atoms with Crippen LogP contribution < -0.4 is 0 Å². The molecule has 3 nitrogen and oxygen atoms in total. The Morgan fingerprint density at radius 2 is 1.82 bits per heavy atom. The van der Waals surface area contributed by atoms with E-state index in [0.717, 1.165) is 15.8 Å². The molecule has 2 aromatic heterocycles. The van der Waals surface area contributed by atoms with E-state index in [0.29, 0.717) is 11.7 Å². The molecule has 0 fully saturated rings. The van der Waals surface area contributed by atoms with Crippen molar-refractivity contribution in [2.75, 3.05) is 0 Å². The maximum Gasteiger partial charge on any atom is 0.263 e. The molecular weight excluding hydrogens is 282 g/mol. The fourth-order valence-corrected chi connectivity index (χ4v) is 1.80. The molecule has 0 saturated carbocycles. The van der Waals surface area contributed by atoms with E-state index < -0.39 is 0 Å². The van der Waals surface area contributed by atoms with Crippen molar-refractivity contribution in [3.63, 3.8) is 0 Å². The van der Waals surface area contributed by atoms with Crippen LogP contribution in [0.15, 0.2) is 62.2 Å². The minimum atomic E-state index is 0.493. The Morgan fingerprint density at radius 3 is 2.53 bits per heavy atom. The largest absolute Gasteiger partial charge is 0.459 e. The molecule has 0 spiro atoms. The lowest BCUT2D eigenvalue weighted by Gasteiger charge is -1.95. The minimum absolute atomic E-state index is 0.493. The highest BCUT2D eigenvalue weighted by atomic mass is 79.9. The summed E-state index contributed by atoms with van der Waals surface area (Å²) in [5.41, 5.74) is 0.985. The van der Waals surface area contributed by atoms with Gasteiger partial charge in [-0.3, -0.25) is 0 Å². The average molecular weight is 290 g/mol. The smallest absolute Gasteiger partial charge is 0.263 e. The summed E-state index contributed by atoms with van der Waals surface area (Å²) in [4.78, 5) is 4.19. The van der Waals surface area contributed by atoms with Crippen molar-refractivity contribution in [3.05, 3.63) is 53.3 Å². The van der Waals surface area contributed by atoms with Gasteiger partial charge in [0.05, 0.1) is 12.5 Å².